The van der Waals surface area contributed by atoms with E-state index in [-0.39, 0.29) is 11.9 Å². The van der Waals surface area contributed by atoms with E-state index in [9.17, 15) is 4.79 Å². The van der Waals surface area contributed by atoms with Crippen LogP contribution in [0.5, 0.6) is 0 Å². The van der Waals surface area contributed by atoms with Gasteiger partial charge in [-0.3, -0.25) is 4.79 Å². The molecule has 2 heterocycles. The Hall–Kier alpha value is -2.95. The number of amides is 1. The number of benzene rings is 2. The lowest BCUT2D eigenvalue weighted by atomic mass is 9.90. The average molecular weight is 429 g/mol. The summed E-state index contributed by atoms with van der Waals surface area (Å²) in [6, 6.07) is 19.1. The maximum Gasteiger partial charge on any atom is 0.272 e. The normalized spacial score (nSPS) is 18.1. The van der Waals surface area contributed by atoms with Crippen molar-refractivity contribution in [2.24, 2.45) is 5.92 Å². The quantitative estimate of drug-likeness (QED) is 0.610. The molecule has 0 spiro atoms. The van der Waals surface area contributed by atoms with Crippen LogP contribution in [0.15, 0.2) is 54.6 Å². The summed E-state index contributed by atoms with van der Waals surface area (Å²) in [6.45, 7) is 1.95. The van der Waals surface area contributed by atoms with Gasteiger partial charge >= 0.3 is 0 Å². The van der Waals surface area contributed by atoms with Crippen LogP contribution in [0, 0.1) is 5.92 Å². The zero-order chi connectivity index (χ0) is 21.8. The Balaban J connectivity index is 1.31. The highest BCUT2D eigenvalue weighted by molar-refractivity contribution is 6.07. The smallest absolute Gasteiger partial charge is 0.272 e. The van der Waals surface area contributed by atoms with Gasteiger partial charge in [-0.2, -0.15) is 0 Å². The van der Waals surface area contributed by atoms with Crippen LogP contribution in [0.3, 0.4) is 0 Å². The van der Waals surface area contributed by atoms with E-state index >= 15 is 0 Å². The van der Waals surface area contributed by atoms with E-state index in [1.54, 1.807) is 0 Å². The summed E-state index contributed by atoms with van der Waals surface area (Å²) in [4.78, 5) is 15.4. The van der Waals surface area contributed by atoms with Crippen LogP contribution in [-0.2, 0) is 6.42 Å². The van der Waals surface area contributed by atoms with Crippen molar-refractivity contribution in [3.05, 3.63) is 65.9 Å². The van der Waals surface area contributed by atoms with Gasteiger partial charge < -0.3 is 10.2 Å². The molecule has 3 aromatic rings. The Morgan fingerprint density at radius 2 is 1.53 bits per heavy atom. The number of aromatic nitrogens is 2. The highest BCUT2D eigenvalue weighted by Crippen LogP contribution is 2.30. The molecule has 2 aromatic carbocycles. The number of rotatable bonds is 5. The molecule has 166 valence electrons. The first-order valence-corrected chi connectivity index (χ1v) is 12.1. The first kappa shape index (κ1) is 20.9. The second-order valence-corrected chi connectivity index (χ2v) is 9.35. The van der Waals surface area contributed by atoms with E-state index < -0.39 is 0 Å². The molecule has 0 unspecified atom stereocenters. The molecule has 0 bridgehead atoms. The number of hydrogen-bond acceptors (Lipinski definition) is 4. The summed E-state index contributed by atoms with van der Waals surface area (Å²) < 4.78 is 0. The minimum Gasteiger partial charge on any atom is -0.355 e. The molecule has 1 aromatic heterocycles. The van der Waals surface area contributed by atoms with Crippen LogP contribution in [0.2, 0.25) is 0 Å². The van der Waals surface area contributed by atoms with Crippen LogP contribution in [0.25, 0.3) is 10.8 Å². The topological polar surface area (TPSA) is 58.1 Å². The van der Waals surface area contributed by atoms with Crippen LogP contribution < -0.4 is 10.2 Å². The Kier molecular flexibility index (Phi) is 6.33. The zero-order valence-electron chi connectivity index (χ0n) is 18.7. The number of carbonyl (C=O) groups excluding carboxylic acids is 1. The van der Waals surface area contributed by atoms with Gasteiger partial charge in [0.25, 0.3) is 5.91 Å². The Morgan fingerprint density at radius 1 is 0.844 bits per heavy atom. The first-order chi connectivity index (χ1) is 15.8. The first-order valence-electron chi connectivity index (χ1n) is 12.1. The highest BCUT2D eigenvalue weighted by atomic mass is 16.2. The second kappa shape index (κ2) is 9.68. The fourth-order valence-electron chi connectivity index (χ4n) is 5.29. The Labute approximate surface area is 190 Å². The molecule has 1 saturated heterocycles. The van der Waals surface area contributed by atoms with Crippen molar-refractivity contribution in [2.45, 2.75) is 57.4 Å². The van der Waals surface area contributed by atoms with Gasteiger partial charge in [0.15, 0.2) is 11.5 Å². The monoisotopic (exact) mass is 428 g/mol. The molecule has 0 radical (unpaired) electrons. The number of carbonyl (C=O) groups is 1. The number of piperidine rings is 1. The van der Waals surface area contributed by atoms with Crippen LogP contribution >= 0.6 is 0 Å². The molecule has 1 N–H and O–H groups in total. The van der Waals surface area contributed by atoms with Gasteiger partial charge in [0, 0.05) is 29.9 Å². The van der Waals surface area contributed by atoms with Gasteiger partial charge in [-0.25, -0.2) is 0 Å². The molecule has 2 fully saturated rings. The maximum atomic E-state index is 13.0. The Morgan fingerprint density at radius 3 is 2.28 bits per heavy atom. The molecule has 1 amide bonds. The molecule has 1 aliphatic heterocycles. The molecular formula is C27H32N4O. The zero-order valence-corrected chi connectivity index (χ0v) is 18.7. The predicted molar refractivity (Wildman–Crippen MR) is 129 cm³/mol. The third-order valence-corrected chi connectivity index (χ3v) is 7.10. The number of nitrogens with zero attached hydrogens (tertiary/aromatic N) is 3. The summed E-state index contributed by atoms with van der Waals surface area (Å²) in [6.07, 6.45) is 9.21. The van der Waals surface area contributed by atoms with E-state index in [1.807, 2.05) is 18.2 Å². The summed E-state index contributed by atoms with van der Waals surface area (Å²) in [7, 11) is 0. The van der Waals surface area contributed by atoms with Crippen molar-refractivity contribution in [1.29, 1.82) is 0 Å². The lowest BCUT2D eigenvalue weighted by molar-refractivity contribution is 0.0923. The van der Waals surface area contributed by atoms with Gasteiger partial charge in [-0.05, 0) is 43.6 Å². The Bertz CT molecular complexity index is 1050. The molecule has 1 saturated carbocycles. The molecule has 0 atom stereocenters. The third-order valence-electron chi connectivity index (χ3n) is 7.10. The second-order valence-electron chi connectivity index (χ2n) is 9.35. The molecule has 32 heavy (non-hydrogen) atoms. The van der Waals surface area contributed by atoms with E-state index in [2.05, 4.69) is 56.8 Å². The molecule has 2 aliphatic rings. The summed E-state index contributed by atoms with van der Waals surface area (Å²) in [5, 5.41) is 14.1. The largest absolute Gasteiger partial charge is 0.355 e. The molecule has 1 aliphatic carbocycles. The summed E-state index contributed by atoms with van der Waals surface area (Å²) in [5.74, 6) is 1.52. The summed E-state index contributed by atoms with van der Waals surface area (Å²) >= 11 is 0. The lowest BCUT2D eigenvalue weighted by Gasteiger charge is -2.33. The third kappa shape index (κ3) is 4.62. The number of fused-ring (bicyclic) bond motifs is 1. The highest BCUT2D eigenvalue weighted by Gasteiger charge is 2.25. The van der Waals surface area contributed by atoms with Crippen LogP contribution in [-0.4, -0.2) is 35.2 Å². The van der Waals surface area contributed by atoms with E-state index in [4.69, 9.17) is 0 Å². The number of hydrogen-bond donors (Lipinski definition) is 1. The van der Waals surface area contributed by atoms with Crippen molar-refractivity contribution in [3.8, 4) is 0 Å². The molecule has 5 nitrogen and oxygen atoms in total. The van der Waals surface area contributed by atoms with Gasteiger partial charge in [0.05, 0.1) is 0 Å². The van der Waals surface area contributed by atoms with E-state index in [1.165, 1.54) is 24.8 Å². The number of anilines is 1. The van der Waals surface area contributed by atoms with Crippen molar-refractivity contribution in [1.82, 2.24) is 15.5 Å². The minimum absolute atomic E-state index is 0.0891. The minimum atomic E-state index is -0.0891. The van der Waals surface area contributed by atoms with E-state index in [0.717, 1.165) is 61.8 Å². The van der Waals surface area contributed by atoms with E-state index in [0.29, 0.717) is 11.6 Å². The van der Waals surface area contributed by atoms with Gasteiger partial charge in [-0.1, -0.05) is 73.9 Å². The van der Waals surface area contributed by atoms with Gasteiger partial charge in [0.1, 0.15) is 0 Å². The molecule has 5 heteroatoms. The van der Waals surface area contributed by atoms with Crippen molar-refractivity contribution >= 4 is 22.5 Å². The van der Waals surface area contributed by atoms with Crippen molar-refractivity contribution in [2.75, 3.05) is 18.0 Å². The standard InChI is InChI=1S/C27H32N4O/c32-27(28-22-11-5-2-6-12-22)25-23-13-7-8-14-24(23)26(30-29-25)31-17-15-21(16-18-31)19-20-9-3-1-4-10-20/h1,3-4,7-10,13-14,21-22H,2,5-6,11-12,15-19H2,(H,28,32). The van der Waals surface area contributed by atoms with Crippen molar-refractivity contribution in [3.63, 3.8) is 0 Å². The summed E-state index contributed by atoms with van der Waals surface area (Å²) in [5.41, 5.74) is 1.87. The van der Waals surface area contributed by atoms with Crippen LogP contribution in [0.1, 0.15) is 61.0 Å². The molecule has 5 rings (SSSR count). The fraction of sp³-hybridized carbons (Fsp3) is 0.444. The SMILES string of the molecule is O=C(NC1CCCCC1)c1nnc(N2CCC(Cc3ccccc3)CC2)c2ccccc12. The van der Waals surface area contributed by atoms with Gasteiger partial charge in [0.2, 0.25) is 0 Å². The van der Waals surface area contributed by atoms with Crippen LogP contribution in [0.4, 0.5) is 5.82 Å². The van der Waals surface area contributed by atoms with Gasteiger partial charge in [-0.15, -0.1) is 10.2 Å². The lowest BCUT2D eigenvalue weighted by Crippen LogP contribution is -2.37. The fourth-order valence-corrected chi connectivity index (χ4v) is 5.29. The maximum absolute atomic E-state index is 13.0. The average Bonchev–Trinajstić information content (AvgIpc) is 2.85. The number of nitrogens with one attached hydrogen (secondary N) is 1. The van der Waals surface area contributed by atoms with Crippen molar-refractivity contribution < 1.29 is 4.79 Å². The predicted octanol–water partition coefficient (Wildman–Crippen LogP) is 5.15. The molecular weight excluding hydrogens is 396 g/mol.